The van der Waals surface area contributed by atoms with Crippen LogP contribution in [0, 0.1) is 0 Å². The van der Waals surface area contributed by atoms with Crippen LogP contribution in [-0.4, -0.2) is 45.8 Å². The highest BCUT2D eigenvalue weighted by atomic mass is 35.5. The summed E-state index contributed by atoms with van der Waals surface area (Å²) < 4.78 is 7.37. The quantitative estimate of drug-likeness (QED) is 0.560. The molecule has 2 N–H and O–H groups in total. The van der Waals surface area contributed by atoms with Gasteiger partial charge in [0.1, 0.15) is 17.7 Å². The summed E-state index contributed by atoms with van der Waals surface area (Å²) in [5.41, 5.74) is 11.0. The van der Waals surface area contributed by atoms with Crippen LogP contribution in [0.15, 0.2) is 55.0 Å². The summed E-state index contributed by atoms with van der Waals surface area (Å²) >= 11 is 6.62. The zero-order chi connectivity index (χ0) is 19.8. The van der Waals surface area contributed by atoms with E-state index < -0.39 is 0 Å². The van der Waals surface area contributed by atoms with Gasteiger partial charge in [-0.25, -0.2) is 15.0 Å². The molecule has 0 bridgehead atoms. The van der Waals surface area contributed by atoms with E-state index in [0.717, 1.165) is 60.1 Å². The number of nitrogens with zero attached hydrogens (tertiary/aromatic N) is 5. The maximum Gasteiger partial charge on any atom is 0.165 e. The van der Waals surface area contributed by atoms with Gasteiger partial charge < -0.3 is 15.4 Å². The van der Waals surface area contributed by atoms with E-state index >= 15 is 0 Å². The minimum absolute atomic E-state index is 0.461. The molecule has 29 heavy (non-hydrogen) atoms. The predicted octanol–water partition coefficient (Wildman–Crippen LogP) is 3.55. The molecule has 146 valence electrons. The Hall–Kier alpha value is -3.16. The molecule has 1 fully saturated rings. The molecule has 0 aliphatic carbocycles. The summed E-state index contributed by atoms with van der Waals surface area (Å²) in [4.78, 5) is 15.6. The smallest absolute Gasteiger partial charge is 0.165 e. The molecule has 0 amide bonds. The maximum atomic E-state index is 6.62. The van der Waals surface area contributed by atoms with E-state index in [-0.39, 0.29) is 0 Å². The van der Waals surface area contributed by atoms with Gasteiger partial charge in [0.2, 0.25) is 0 Å². The largest absolute Gasteiger partial charge is 0.384 e. The third-order valence-corrected chi connectivity index (χ3v) is 5.34. The lowest BCUT2D eigenvalue weighted by molar-refractivity contribution is 0.122. The molecule has 7 nitrogen and oxygen atoms in total. The lowest BCUT2D eigenvalue weighted by atomic mass is 10.1. The topological polar surface area (TPSA) is 82.1 Å². The van der Waals surface area contributed by atoms with E-state index in [1.807, 2.05) is 47.0 Å². The van der Waals surface area contributed by atoms with Crippen molar-refractivity contribution in [3.63, 3.8) is 0 Å². The third kappa shape index (κ3) is 3.39. The maximum absolute atomic E-state index is 6.62. The fourth-order valence-electron chi connectivity index (χ4n) is 3.56. The summed E-state index contributed by atoms with van der Waals surface area (Å²) in [6, 6.07) is 13.6. The molecule has 8 heteroatoms. The number of ether oxygens (including phenoxy) is 1. The first-order chi connectivity index (χ1) is 14.2. The van der Waals surface area contributed by atoms with Crippen molar-refractivity contribution in [2.45, 2.75) is 0 Å². The molecule has 4 aromatic rings. The second-order valence-electron chi connectivity index (χ2n) is 6.86. The van der Waals surface area contributed by atoms with E-state index in [4.69, 9.17) is 27.1 Å². The number of imidazole rings is 1. The van der Waals surface area contributed by atoms with Crippen molar-refractivity contribution >= 4 is 34.3 Å². The van der Waals surface area contributed by atoms with Crippen LogP contribution in [0.2, 0.25) is 5.02 Å². The Labute approximate surface area is 172 Å². The molecule has 1 aromatic carbocycles. The number of pyridine rings is 2. The van der Waals surface area contributed by atoms with Crippen molar-refractivity contribution in [3.05, 3.63) is 60.0 Å². The minimum atomic E-state index is 0.461. The highest BCUT2D eigenvalue weighted by Gasteiger charge is 2.16. The number of hydrogen-bond donors (Lipinski definition) is 1. The zero-order valence-corrected chi connectivity index (χ0v) is 16.4. The number of rotatable bonds is 3. The van der Waals surface area contributed by atoms with Crippen LogP contribution in [0.25, 0.3) is 28.1 Å². The van der Waals surface area contributed by atoms with Gasteiger partial charge in [-0.1, -0.05) is 11.6 Å². The van der Waals surface area contributed by atoms with Gasteiger partial charge in [-0.05, 0) is 42.5 Å². The molecule has 1 saturated heterocycles. The molecule has 0 saturated carbocycles. The van der Waals surface area contributed by atoms with Gasteiger partial charge in [-0.2, -0.15) is 0 Å². The second-order valence-corrected chi connectivity index (χ2v) is 7.27. The molecule has 4 heterocycles. The third-order valence-electron chi connectivity index (χ3n) is 5.03. The van der Waals surface area contributed by atoms with E-state index in [0.29, 0.717) is 10.8 Å². The van der Waals surface area contributed by atoms with Crippen LogP contribution in [0.1, 0.15) is 0 Å². The Bertz CT molecular complexity index is 1180. The summed E-state index contributed by atoms with van der Waals surface area (Å²) in [6.45, 7) is 3.12. The number of nitrogens with two attached hydrogens (primary N) is 1. The molecule has 0 radical (unpaired) electrons. The first-order valence-corrected chi connectivity index (χ1v) is 9.75. The Morgan fingerprint density at radius 3 is 2.66 bits per heavy atom. The fourth-order valence-corrected chi connectivity index (χ4v) is 3.85. The van der Waals surface area contributed by atoms with Crippen molar-refractivity contribution in [2.24, 2.45) is 0 Å². The van der Waals surface area contributed by atoms with Gasteiger partial charge in [-0.15, -0.1) is 0 Å². The molecular weight excluding hydrogens is 388 g/mol. The van der Waals surface area contributed by atoms with Crippen molar-refractivity contribution in [1.29, 1.82) is 0 Å². The Morgan fingerprint density at radius 1 is 1.00 bits per heavy atom. The van der Waals surface area contributed by atoms with Gasteiger partial charge in [0, 0.05) is 24.8 Å². The number of hydrogen-bond acceptors (Lipinski definition) is 6. The van der Waals surface area contributed by atoms with E-state index in [2.05, 4.69) is 14.9 Å². The fraction of sp³-hybridized carbons (Fsp3) is 0.190. The first-order valence-electron chi connectivity index (χ1n) is 9.38. The van der Waals surface area contributed by atoms with Crippen LogP contribution >= 0.6 is 11.6 Å². The number of nitrogen functional groups attached to an aromatic ring is 1. The van der Waals surface area contributed by atoms with E-state index in [1.165, 1.54) is 0 Å². The predicted molar refractivity (Wildman–Crippen MR) is 115 cm³/mol. The molecule has 1 aliphatic rings. The summed E-state index contributed by atoms with van der Waals surface area (Å²) in [7, 11) is 0. The molecule has 0 unspecified atom stereocenters. The van der Waals surface area contributed by atoms with Gasteiger partial charge in [0.15, 0.2) is 5.65 Å². The van der Waals surface area contributed by atoms with Gasteiger partial charge in [0.05, 0.1) is 35.3 Å². The summed E-state index contributed by atoms with van der Waals surface area (Å²) in [5.74, 6) is 0.461. The van der Waals surface area contributed by atoms with E-state index in [1.54, 1.807) is 12.5 Å². The number of fused-ring (bicyclic) bond motifs is 1. The van der Waals surface area contributed by atoms with Gasteiger partial charge in [-0.3, -0.25) is 4.57 Å². The van der Waals surface area contributed by atoms with Crippen molar-refractivity contribution in [2.75, 3.05) is 36.9 Å². The monoisotopic (exact) mass is 406 g/mol. The average molecular weight is 407 g/mol. The summed E-state index contributed by atoms with van der Waals surface area (Å²) in [6.07, 6.45) is 3.44. The van der Waals surface area contributed by atoms with Crippen LogP contribution in [0.3, 0.4) is 0 Å². The van der Waals surface area contributed by atoms with Gasteiger partial charge >= 0.3 is 0 Å². The highest BCUT2D eigenvalue weighted by molar-refractivity contribution is 6.33. The molecular formula is C21H19ClN6O. The Kier molecular flexibility index (Phi) is 4.54. The molecule has 0 spiro atoms. The van der Waals surface area contributed by atoms with Crippen LogP contribution in [-0.2, 0) is 4.74 Å². The van der Waals surface area contributed by atoms with Crippen molar-refractivity contribution in [1.82, 2.24) is 19.5 Å². The standard InChI is InChI=1S/C21H19ClN6O/c22-16-12-15(1-4-19(16)27-7-9-29-10-8-27)28-13-25-18-3-2-17(26-21(18)28)14-5-6-24-20(23)11-14/h1-6,11-13H,7-10H2,(H2,23,24). The first kappa shape index (κ1) is 17.9. The number of anilines is 2. The number of aromatic nitrogens is 4. The number of halogens is 1. The normalized spacial score (nSPS) is 14.4. The molecule has 1 aliphatic heterocycles. The van der Waals surface area contributed by atoms with Crippen LogP contribution < -0.4 is 10.6 Å². The average Bonchev–Trinajstić information content (AvgIpc) is 3.17. The Balaban J connectivity index is 1.54. The Morgan fingerprint density at radius 2 is 1.86 bits per heavy atom. The van der Waals surface area contributed by atoms with Crippen molar-refractivity contribution in [3.8, 4) is 16.9 Å². The SMILES string of the molecule is Nc1cc(-c2ccc3ncn(-c4ccc(N5CCOCC5)c(Cl)c4)c3n2)ccn1. The molecule has 0 atom stereocenters. The highest BCUT2D eigenvalue weighted by Crippen LogP contribution is 2.30. The minimum Gasteiger partial charge on any atom is -0.384 e. The van der Waals surface area contributed by atoms with Crippen LogP contribution in [0.5, 0.6) is 0 Å². The lowest BCUT2D eigenvalue weighted by Gasteiger charge is -2.29. The van der Waals surface area contributed by atoms with Crippen molar-refractivity contribution < 1.29 is 4.74 Å². The zero-order valence-electron chi connectivity index (χ0n) is 15.6. The lowest BCUT2D eigenvalue weighted by Crippen LogP contribution is -2.36. The van der Waals surface area contributed by atoms with Gasteiger partial charge in [0.25, 0.3) is 0 Å². The second kappa shape index (κ2) is 7.35. The molecule has 3 aromatic heterocycles. The van der Waals surface area contributed by atoms with Crippen LogP contribution in [0.4, 0.5) is 11.5 Å². The number of benzene rings is 1. The summed E-state index contributed by atoms with van der Waals surface area (Å²) in [5, 5.41) is 0.698. The van der Waals surface area contributed by atoms with E-state index in [9.17, 15) is 0 Å². The molecule has 5 rings (SSSR count). The number of morpholine rings is 1.